The van der Waals surface area contributed by atoms with Crippen LogP contribution in [0.5, 0.6) is 0 Å². The first kappa shape index (κ1) is 30.9. The van der Waals surface area contributed by atoms with Gasteiger partial charge in [0.1, 0.15) is 5.60 Å². The van der Waals surface area contributed by atoms with Gasteiger partial charge in [0.2, 0.25) is 11.8 Å². The number of amides is 3. The molecular formula is C34H41N3O5S2. The van der Waals surface area contributed by atoms with E-state index in [1.54, 1.807) is 35.1 Å². The minimum absolute atomic E-state index is 0.0288. The number of piperidine rings is 1. The average molecular weight is 636 g/mol. The summed E-state index contributed by atoms with van der Waals surface area (Å²) in [5.74, 6) is 0.0498. The topological polar surface area (TPSA) is 79.4 Å². The Labute approximate surface area is 267 Å². The van der Waals surface area contributed by atoms with Gasteiger partial charge in [-0.15, -0.1) is 23.1 Å². The lowest BCUT2D eigenvalue weighted by molar-refractivity contribution is -0.124. The quantitative estimate of drug-likeness (QED) is 0.250. The van der Waals surface area contributed by atoms with E-state index in [2.05, 4.69) is 17.5 Å². The molecule has 3 heterocycles. The van der Waals surface area contributed by atoms with Crippen molar-refractivity contribution in [1.82, 2.24) is 4.90 Å². The van der Waals surface area contributed by atoms with Crippen molar-refractivity contribution in [3.63, 3.8) is 0 Å². The first-order chi connectivity index (χ1) is 21.1. The molecule has 234 valence electrons. The number of likely N-dealkylation sites (tertiary alicyclic amines) is 1. The molecule has 6 rings (SSSR count). The summed E-state index contributed by atoms with van der Waals surface area (Å²) in [6.45, 7) is 7.58. The van der Waals surface area contributed by atoms with E-state index in [9.17, 15) is 14.4 Å². The summed E-state index contributed by atoms with van der Waals surface area (Å²) in [5, 5.41) is 3.37. The number of anilines is 2. The van der Waals surface area contributed by atoms with Crippen LogP contribution in [0, 0.1) is 5.92 Å². The maximum atomic E-state index is 14.8. The summed E-state index contributed by atoms with van der Waals surface area (Å²) < 4.78 is 12.2. The molecule has 1 saturated carbocycles. The molecule has 3 aromatic rings. The normalized spacial score (nSPS) is 20.5. The van der Waals surface area contributed by atoms with Crippen molar-refractivity contribution in [1.29, 1.82) is 0 Å². The van der Waals surface area contributed by atoms with Gasteiger partial charge in [-0.2, -0.15) is 0 Å². The molecule has 2 fully saturated rings. The van der Waals surface area contributed by atoms with Crippen molar-refractivity contribution in [2.24, 2.45) is 5.92 Å². The zero-order valence-electron chi connectivity index (χ0n) is 25.9. The van der Waals surface area contributed by atoms with Crippen LogP contribution in [0.3, 0.4) is 0 Å². The van der Waals surface area contributed by atoms with Crippen LogP contribution >= 0.6 is 23.1 Å². The van der Waals surface area contributed by atoms with Gasteiger partial charge in [-0.05, 0) is 87.0 Å². The predicted octanol–water partition coefficient (Wildman–Crippen LogP) is 6.91. The fourth-order valence-corrected chi connectivity index (χ4v) is 8.28. The Hall–Kier alpha value is -3.08. The smallest absolute Gasteiger partial charge is 0.410 e. The molecule has 3 amide bonds. The number of benzene rings is 2. The lowest BCUT2D eigenvalue weighted by Gasteiger charge is -2.40. The highest BCUT2D eigenvalue weighted by Crippen LogP contribution is 2.45. The number of thioether (sulfide) groups is 1. The van der Waals surface area contributed by atoms with Gasteiger partial charge in [-0.1, -0.05) is 18.2 Å². The van der Waals surface area contributed by atoms with Gasteiger partial charge in [0, 0.05) is 60.6 Å². The molecule has 2 aliphatic heterocycles. The second kappa shape index (κ2) is 12.7. The van der Waals surface area contributed by atoms with E-state index >= 15 is 0 Å². The minimum atomic E-state index is -0.620. The van der Waals surface area contributed by atoms with E-state index in [-0.39, 0.29) is 29.9 Å². The van der Waals surface area contributed by atoms with Crippen molar-refractivity contribution in [2.75, 3.05) is 48.9 Å². The number of nitrogens with zero attached hydrogens (tertiary/aromatic N) is 3. The van der Waals surface area contributed by atoms with Crippen molar-refractivity contribution in [3.05, 3.63) is 53.4 Å². The van der Waals surface area contributed by atoms with Crippen molar-refractivity contribution in [2.45, 2.75) is 68.9 Å². The van der Waals surface area contributed by atoms with E-state index in [0.29, 0.717) is 38.4 Å². The van der Waals surface area contributed by atoms with Gasteiger partial charge >= 0.3 is 6.09 Å². The highest BCUT2D eigenvalue weighted by Gasteiger charge is 2.44. The Morgan fingerprint density at radius 1 is 1.09 bits per heavy atom. The molecule has 8 nitrogen and oxygen atoms in total. The molecule has 0 spiro atoms. The summed E-state index contributed by atoms with van der Waals surface area (Å²) in [6, 6.07) is 14.5. The second-order valence-corrected chi connectivity index (χ2v) is 14.8. The van der Waals surface area contributed by atoms with Crippen LogP contribution < -0.4 is 9.80 Å². The van der Waals surface area contributed by atoms with Crippen LogP contribution in [0.4, 0.5) is 16.2 Å². The zero-order chi connectivity index (χ0) is 31.0. The van der Waals surface area contributed by atoms with E-state index in [0.717, 1.165) is 35.5 Å². The molecule has 3 aliphatic rings. The van der Waals surface area contributed by atoms with E-state index in [1.807, 2.05) is 60.9 Å². The van der Waals surface area contributed by atoms with Crippen LogP contribution in [-0.2, 0) is 19.1 Å². The van der Waals surface area contributed by atoms with Crippen LogP contribution in [0.25, 0.3) is 10.1 Å². The Morgan fingerprint density at radius 2 is 1.89 bits per heavy atom. The van der Waals surface area contributed by atoms with Crippen molar-refractivity contribution >= 4 is 62.5 Å². The van der Waals surface area contributed by atoms with Gasteiger partial charge in [-0.3, -0.25) is 9.59 Å². The first-order valence-corrected chi connectivity index (χ1v) is 17.3. The highest BCUT2D eigenvalue weighted by atomic mass is 32.2. The number of ether oxygens (including phenoxy) is 2. The third-order valence-corrected chi connectivity index (χ3v) is 10.6. The monoisotopic (exact) mass is 635 g/mol. The molecule has 1 aromatic heterocycles. The molecule has 0 N–H and O–H groups in total. The van der Waals surface area contributed by atoms with Gasteiger partial charge in [0.05, 0.1) is 17.4 Å². The Balaban J connectivity index is 1.35. The SMILES string of the molecule is COCCCN1C(=O)CSc2ccc(N(C(=O)[C@H]3CN(C(=O)OC(C)(C)C)CC[C@@H]3c3csc4ccccc34)C3CC3)cc21. The fourth-order valence-electron chi connectivity index (χ4n) is 6.33. The molecule has 44 heavy (non-hydrogen) atoms. The van der Waals surface area contributed by atoms with Gasteiger partial charge in [0.15, 0.2) is 0 Å². The Kier molecular flexibility index (Phi) is 8.95. The third-order valence-electron chi connectivity index (χ3n) is 8.54. The summed E-state index contributed by atoms with van der Waals surface area (Å²) in [6.07, 6.45) is 2.90. The summed E-state index contributed by atoms with van der Waals surface area (Å²) in [4.78, 5) is 47.6. The number of hydrogen-bond donors (Lipinski definition) is 0. The van der Waals surface area contributed by atoms with Crippen LogP contribution in [0.15, 0.2) is 52.7 Å². The maximum Gasteiger partial charge on any atom is 0.410 e. The van der Waals surface area contributed by atoms with E-state index < -0.39 is 11.5 Å². The van der Waals surface area contributed by atoms with Crippen molar-refractivity contribution in [3.8, 4) is 0 Å². The molecule has 1 saturated heterocycles. The molecule has 10 heteroatoms. The first-order valence-electron chi connectivity index (χ1n) is 15.5. The zero-order valence-corrected chi connectivity index (χ0v) is 27.5. The van der Waals surface area contributed by atoms with Crippen LogP contribution in [-0.4, -0.2) is 73.6 Å². The number of hydrogen-bond acceptors (Lipinski definition) is 7. The van der Waals surface area contributed by atoms with Gasteiger partial charge in [0.25, 0.3) is 0 Å². The van der Waals surface area contributed by atoms with Crippen LogP contribution in [0.2, 0.25) is 0 Å². The van der Waals surface area contributed by atoms with Crippen molar-refractivity contribution < 1.29 is 23.9 Å². The lowest BCUT2D eigenvalue weighted by atomic mass is 9.79. The summed E-state index contributed by atoms with van der Waals surface area (Å²) in [5.41, 5.74) is 2.23. The Morgan fingerprint density at radius 3 is 2.64 bits per heavy atom. The molecule has 0 radical (unpaired) electrons. The van der Waals surface area contributed by atoms with Crippen LogP contribution in [0.1, 0.15) is 57.9 Å². The van der Waals surface area contributed by atoms with E-state index in [1.165, 1.54) is 15.6 Å². The maximum absolute atomic E-state index is 14.8. The molecular weight excluding hydrogens is 595 g/mol. The van der Waals surface area contributed by atoms with Gasteiger partial charge < -0.3 is 24.2 Å². The largest absolute Gasteiger partial charge is 0.444 e. The molecule has 1 aliphatic carbocycles. The number of carbonyl (C=O) groups is 3. The molecule has 2 atom stereocenters. The second-order valence-electron chi connectivity index (χ2n) is 12.9. The third kappa shape index (κ3) is 6.48. The fraction of sp³-hybridized carbons (Fsp3) is 0.500. The van der Waals surface area contributed by atoms with Gasteiger partial charge in [-0.25, -0.2) is 4.79 Å². The summed E-state index contributed by atoms with van der Waals surface area (Å²) in [7, 11) is 1.67. The summed E-state index contributed by atoms with van der Waals surface area (Å²) >= 11 is 3.25. The highest BCUT2D eigenvalue weighted by molar-refractivity contribution is 8.00. The number of thiophene rings is 1. The Bertz CT molecular complexity index is 1550. The molecule has 0 bridgehead atoms. The van der Waals surface area contributed by atoms with E-state index in [4.69, 9.17) is 9.47 Å². The number of methoxy groups -OCH3 is 1. The standard InChI is InChI=1S/C34H41N3O5S2/c1-34(2,3)42-33(40)35-16-14-24(27-20-43-29-9-6-5-8-25(27)29)26(19-35)32(39)37(22-10-11-22)23-12-13-30-28(18-23)36(15-7-17-41-4)31(38)21-44-30/h5-6,8-9,12-13,18,20,22,24,26H,7,10-11,14-17,19,21H2,1-4H3/t24-,26-/m0/s1. The number of rotatable bonds is 8. The molecule has 2 aromatic carbocycles. The minimum Gasteiger partial charge on any atom is -0.444 e. The average Bonchev–Trinajstić information content (AvgIpc) is 3.74. The molecule has 0 unspecified atom stereocenters. The number of fused-ring (bicyclic) bond motifs is 2. The predicted molar refractivity (Wildman–Crippen MR) is 177 cm³/mol. The lowest BCUT2D eigenvalue weighted by Crippen LogP contribution is -2.51. The number of carbonyl (C=O) groups excluding carboxylic acids is 3.